The Bertz CT molecular complexity index is 355. The Morgan fingerprint density at radius 1 is 1.20 bits per heavy atom. The van der Waals surface area contributed by atoms with Gasteiger partial charge in [-0.1, -0.05) is 38.4 Å². The summed E-state index contributed by atoms with van der Waals surface area (Å²) < 4.78 is 0. The Morgan fingerprint density at radius 2 is 1.80 bits per heavy atom. The lowest BCUT2D eigenvalue weighted by atomic mass is 9.75. The Hall–Kier alpha value is -0.640. The van der Waals surface area contributed by atoms with Crippen molar-refractivity contribution in [2.45, 2.75) is 76.7 Å². The molecular formula is C16H28N2OS. The number of nitrogens with two attached hydrogens (primary N) is 1. The van der Waals surface area contributed by atoms with Gasteiger partial charge in [-0.25, -0.2) is 0 Å². The zero-order valence-electron chi connectivity index (χ0n) is 12.6. The number of hydrogen-bond donors (Lipinski definition) is 2. The SMILES string of the molecule is CCC1CCC(NC(=O)CC2CCCC2)(C(N)=S)CC1. The van der Waals surface area contributed by atoms with Gasteiger partial charge in [0.2, 0.25) is 5.91 Å². The molecule has 0 aromatic carbocycles. The Labute approximate surface area is 128 Å². The van der Waals surface area contributed by atoms with Crippen LogP contribution >= 0.6 is 12.2 Å². The van der Waals surface area contributed by atoms with Crippen molar-refractivity contribution in [1.82, 2.24) is 5.32 Å². The van der Waals surface area contributed by atoms with Gasteiger partial charge in [0.25, 0.3) is 0 Å². The monoisotopic (exact) mass is 296 g/mol. The molecule has 3 N–H and O–H groups in total. The maximum Gasteiger partial charge on any atom is 0.221 e. The van der Waals surface area contributed by atoms with Crippen LogP contribution in [0.4, 0.5) is 0 Å². The Balaban J connectivity index is 1.91. The largest absolute Gasteiger partial charge is 0.391 e. The average Bonchev–Trinajstić information content (AvgIpc) is 2.92. The van der Waals surface area contributed by atoms with Gasteiger partial charge in [-0.05, 0) is 50.4 Å². The van der Waals surface area contributed by atoms with Crippen LogP contribution in [0.3, 0.4) is 0 Å². The van der Waals surface area contributed by atoms with Crippen molar-refractivity contribution in [2.24, 2.45) is 17.6 Å². The van der Waals surface area contributed by atoms with E-state index in [0.29, 0.717) is 17.3 Å². The molecule has 0 spiro atoms. The van der Waals surface area contributed by atoms with Crippen molar-refractivity contribution < 1.29 is 4.79 Å². The van der Waals surface area contributed by atoms with Crippen LogP contribution in [0, 0.1) is 11.8 Å². The van der Waals surface area contributed by atoms with Gasteiger partial charge in [0.05, 0.1) is 10.5 Å². The molecule has 0 saturated heterocycles. The summed E-state index contributed by atoms with van der Waals surface area (Å²) in [6, 6.07) is 0. The standard InChI is InChI=1S/C16H28N2OS/c1-2-12-7-9-16(10-8-12,15(17)20)18-14(19)11-13-5-3-4-6-13/h12-13H,2-11H2,1H3,(H2,17,20)(H,18,19). The van der Waals surface area contributed by atoms with E-state index in [4.69, 9.17) is 18.0 Å². The summed E-state index contributed by atoms with van der Waals surface area (Å²) in [6.07, 6.45) is 10.9. The van der Waals surface area contributed by atoms with Gasteiger partial charge < -0.3 is 11.1 Å². The maximum atomic E-state index is 12.3. The van der Waals surface area contributed by atoms with Crippen LogP contribution in [0.25, 0.3) is 0 Å². The number of hydrogen-bond acceptors (Lipinski definition) is 2. The van der Waals surface area contributed by atoms with Gasteiger partial charge in [0.1, 0.15) is 0 Å². The number of rotatable bonds is 5. The quantitative estimate of drug-likeness (QED) is 0.765. The minimum absolute atomic E-state index is 0.152. The maximum absolute atomic E-state index is 12.3. The van der Waals surface area contributed by atoms with Crippen LogP contribution < -0.4 is 11.1 Å². The first-order valence-corrected chi connectivity index (χ1v) is 8.57. The molecular weight excluding hydrogens is 268 g/mol. The van der Waals surface area contributed by atoms with Gasteiger partial charge in [0.15, 0.2) is 0 Å². The van der Waals surface area contributed by atoms with Crippen molar-refractivity contribution >= 4 is 23.1 Å². The number of amides is 1. The number of thiocarbonyl (C=S) groups is 1. The molecule has 2 aliphatic rings. The van der Waals surface area contributed by atoms with E-state index in [-0.39, 0.29) is 5.91 Å². The minimum Gasteiger partial charge on any atom is -0.391 e. The Kier molecular flexibility index (Phi) is 5.42. The number of nitrogens with one attached hydrogen (secondary N) is 1. The second kappa shape index (κ2) is 6.88. The molecule has 114 valence electrons. The lowest BCUT2D eigenvalue weighted by Crippen LogP contribution is -2.58. The van der Waals surface area contributed by atoms with Crippen LogP contribution in [-0.2, 0) is 4.79 Å². The lowest BCUT2D eigenvalue weighted by molar-refractivity contribution is -0.123. The molecule has 1 amide bonds. The van der Waals surface area contributed by atoms with Gasteiger partial charge in [-0.3, -0.25) is 4.79 Å². The van der Waals surface area contributed by atoms with Crippen LogP contribution in [0.1, 0.15) is 71.1 Å². The van der Waals surface area contributed by atoms with Crippen LogP contribution in [0.5, 0.6) is 0 Å². The number of carbonyl (C=O) groups is 1. The zero-order valence-corrected chi connectivity index (χ0v) is 13.4. The third kappa shape index (κ3) is 3.72. The second-order valence-corrected chi connectivity index (χ2v) is 7.14. The third-order valence-electron chi connectivity index (χ3n) is 5.34. The fraction of sp³-hybridized carbons (Fsp3) is 0.875. The van der Waals surface area contributed by atoms with E-state index in [2.05, 4.69) is 12.2 Å². The zero-order chi connectivity index (χ0) is 14.6. The van der Waals surface area contributed by atoms with Crippen molar-refractivity contribution in [3.05, 3.63) is 0 Å². The van der Waals surface area contributed by atoms with E-state index in [1.165, 1.54) is 32.1 Å². The van der Waals surface area contributed by atoms with Crippen LogP contribution in [-0.4, -0.2) is 16.4 Å². The first-order valence-electron chi connectivity index (χ1n) is 8.16. The van der Waals surface area contributed by atoms with Crippen molar-refractivity contribution in [3.8, 4) is 0 Å². The average molecular weight is 296 g/mol. The molecule has 0 heterocycles. The summed E-state index contributed by atoms with van der Waals surface area (Å²) in [7, 11) is 0. The molecule has 0 aromatic heterocycles. The first-order chi connectivity index (χ1) is 9.55. The number of carbonyl (C=O) groups excluding carboxylic acids is 1. The molecule has 2 aliphatic carbocycles. The molecule has 0 aliphatic heterocycles. The summed E-state index contributed by atoms with van der Waals surface area (Å²) in [6.45, 7) is 2.23. The fourth-order valence-corrected chi connectivity index (χ4v) is 4.06. The van der Waals surface area contributed by atoms with E-state index in [9.17, 15) is 4.79 Å². The summed E-state index contributed by atoms with van der Waals surface area (Å²) in [5, 5.41) is 3.20. The highest BCUT2D eigenvalue weighted by atomic mass is 32.1. The van der Waals surface area contributed by atoms with Crippen LogP contribution in [0.15, 0.2) is 0 Å². The highest BCUT2D eigenvalue weighted by Gasteiger charge is 2.39. The van der Waals surface area contributed by atoms with Crippen LogP contribution in [0.2, 0.25) is 0 Å². The van der Waals surface area contributed by atoms with Crippen molar-refractivity contribution in [1.29, 1.82) is 0 Å². The Morgan fingerprint density at radius 3 is 2.30 bits per heavy atom. The topological polar surface area (TPSA) is 55.1 Å². The van der Waals surface area contributed by atoms with Gasteiger partial charge in [0, 0.05) is 6.42 Å². The summed E-state index contributed by atoms with van der Waals surface area (Å²) in [5.74, 6) is 1.49. The summed E-state index contributed by atoms with van der Waals surface area (Å²) >= 11 is 5.27. The van der Waals surface area contributed by atoms with Gasteiger partial charge in [-0.15, -0.1) is 0 Å². The molecule has 4 heteroatoms. The van der Waals surface area contributed by atoms with Gasteiger partial charge >= 0.3 is 0 Å². The first kappa shape index (κ1) is 15.7. The molecule has 2 rings (SSSR count). The molecule has 0 atom stereocenters. The fourth-order valence-electron chi connectivity index (χ4n) is 3.81. The molecule has 0 radical (unpaired) electrons. The van der Waals surface area contributed by atoms with E-state index >= 15 is 0 Å². The lowest BCUT2D eigenvalue weighted by Gasteiger charge is -2.40. The predicted octanol–water partition coefficient (Wildman–Crippen LogP) is 3.31. The predicted molar refractivity (Wildman–Crippen MR) is 86.5 cm³/mol. The minimum atomic E-state index is -0.406. The normalized spacial score (nSPS) is 31.1. The van der Waals surface area contributed by atoms with E-state index in [1.807, 2.05) is 0 Å². The molecule has 0 bridgehead atoms. The third-order valence-corrected chi connectivity index (χ3v) is 5.73. The molecule has 0 aromatic rings. The highest BCUT2D eigenvalue weighted by Crippen LogP contribution is 2.35. The summed E-state index contributed by atoms with van der Waals surface area (Å²) in [4.78, 5) is 12.8. The van der Waals surface area contributed by atoms with Gasteiger partial charge in [-0.2, -0.15) is 0 Å². The second-order valence-electron chi connectivity index (χ2n) is 6.70. The molecule has 3 nitrogen and oxygen atoms in total. The van der Waals surface area contributed by atoms with E-state index in [0.717, 1.165) is 31.6 Å². The van der Waals surface area contributed by atoms with E-state index in [1.54, 1.807) is 0 Å². The smallest absolute Gasteiger partial charge is 0.221 e. The van der Waals surface area contributed by atoms with Crippen molar-refractivity contribution in [3.63, 3.8) is 0 Å². The molecule has 0 unspecified atom stereocenters. The molecule has 20 heavy (non-hydrogen) atoms. The molecule has 2 saturated carbocycles. The highest BCUT2D eigenvalue weighted by molar-refractivity contribution is 7.80. The van der Waals surface area contributed by atoms with Crippen molar-refractivity contribution in [2.75, 3.05) is 0 Å². The summed E-state index contributed by atoms with van der Waals surface area (Å²) in [5.41, 5.74) is 5.56. The van der Waals surface area contributed by atoms with E-state index < -0.39 is 5.54 Å². The molecule has 2 fully saturated rings.